The summed E-state index contributed by atoms with van der Waals surface area (Å²) >= 11 is 0. The maximum atomic E-state index is 12.9. The summed E-state index contributed by atoms with van der Waals surface area (Å²) in [7, 11) is 1.88. The Bertz CT molecular complexity index is 467. The third-order valence-electron chi connectivity index (χ3n) is 5.57. The van der Waals surface area contributed by atoms with E-state index in [0.717, 1.165) is 42.7 Å². The molecule has 5 rings (SSSR count). The lowest BCUT2D eigenvalue weighted by Gasteiger charge is -2.55. The molecular weight excluding hydrogens is 224 g/mol. The zero-order valence-corrected chi connectivity index (χ0v) is 10.9. The highest BCUT2D eigenvalue weighted by molar-refractivity contribution is 5.99. The van der Waals surface area contributed by atoms with Crippen LogP contribution in [-0.2, 0) is 7.05 Å². The molecule has 0 unspecified atom stereocenters. The summed E-state index contributed by atoms with van der Waals surface area (Å²) in [6.07, 6.45) is 9.33. The molecular formula is C15H20N2O. The van der Waals surface area contributed by atoms with Gasteiger partial charge < -0.3 is 0 Å². The molecule has 4 saturated carbocycles. The fraction of sp³-hybridized carbons (Fsp3) is 0.733. The van der Waals surface area contributed by atoms with Crippen LogP contribution in [0, 0.1) is 23.2 Å². The summed E-state index contributed by atoms with van der Waals surface area (Å²) in [4.78, 5) is 12.9. The van der Waals surface area contributed by atoms with E-state index in [2.05, 4.69) is 5.10 Å². The monoisotopic (exact) mass is 244 g/mol. The van der Waals surface area contributed by atoms with Crippen molar-refractivity contribution in [2.24, 2.45) is 30.2 Å². The van der Waals surface area contributed by atoms with Crippen molar-refractivity contribution in [3.8, 4) is 0 Å². The van der Waals surface area contributed by atoms with Crippen molar-refractivity contribution in [1.29, 1.82) is 0 Å². The Balaban J connectivity index is 1.72. The summed E-state index contributed by atoms with van der Waals surface area (Å²) in [5, 5.41) is 4.16. The minimum absolute atomic E-state index is 0.0253. The van der Waals surface area contributed by atoms with Gasteiger partial charge in [0.1, 0.15) is 5.69 Å². The number of aryl methyl sites for hydroxylation is 1. The van der Waals surface area contributed by atoms with Crippen molar-refractivity contribution in [3.63, 3.8) is 0 Å². The van der Waals surface area contributed by atoms with E-state index in [9.17, 15) is 4.79 Å². The van der Waals surface area contributed by atoms with Crippen molar-refractivity contribution in [1.82, 2.24) is 9.78 Å². The Morgan fingerprint density at radius 1 is 1.22 bits per heavy atom. The molecule has 96 valence electrons. The molecule has 0 N–H and O–H groups in total. The van der Waals surface area contributed by atoms with Gasteiger partial charge in [-0.2, -0.15) is 5.10 Å². The largest absolute Gasteiger partial charge is 0.292 e. The highest BCUT2D eigenvalue weighted by Gasteiger charge is 2.54. The minimum atomic E-state index is -0.0253. The first-order valence-electron chi connectivity index (χ1n) is 7.19. The maximum Gasteiger partial charge on any atom is 0.186 e. The molecule has 4 aliphatic carbocycles. The molecule has 0 radical (unpaired) electrons. The fourth-order valence-corrected chi connectivity index (χ4v) is 5.26. The highest BCUT2D eigenvalue weighted by atomic mass is 16.1. The third kappa shape index (κ3) is 1.36. The summed E-state index contributed by atoms with van der Waals surface area (Å²) in [5.41, 5.74) is 0.791. The Hall–Kier alpha value is -1.12. The smallest absolute Gasteiger partial charge is 0.186 e. The summed E-state index contributed by atoms with van der Waals surface area (Å²) < 4.78 is 1.75. The Labute approximate surface area is 108 Å². The summed E-state index contributed by atoms with van der Waals surface area (Å²) in [5.74, 6) is 2.86. The molecule has 3 nitrogen and oxygen atoms in total. The number of Topliss-reactive ketones (excluding diaryl/α,β-unsaturated/α-hetero) is 1. The average Bonchev–Trinajstić information content (AvgIpc) is 2.72. The van der Waals surface area contributed by atoms with Crippen LogP contribution in [0.3, 0.4) is 0 Å². The van der Waals surface area contributed by atoms with Crippen LogP contribution < -0.4 is 0 Å². The molecule has 0 saturated heterocycles. The molecule has 0 amide bonds. The van der Waals surface area contributed by atoms with Gasteiger partial charge >= 0.3 is 0 Å². The molecule has 0 aromatic carbocycles. The number of hydrogen-bond acceptors (Lipinski definition) is 2. The number of carbonyl (C=O) groups excluding carboxylic acids is 1. The van der Waals surface area contributed by atoms with E-state index in [4.69, 9.17) is 0 Å². The van der Waals surface area contributed by atoms with Gasteiger partial charge in [-0.1, -0.05) is 0 Å². The molecule has 0 aliphatic heterocycles. The van der Waals surface area contributed by atoms with Crippen molar-refractivity contribution in [3.05, 3.63) is 18.0 Å². The van der Waals surface area contributed by atoms with Crippen LogP contribution in [0.2, 0.25) is 0 Å². The number of nitrogens with zero attached hydrogens (tertiary/aromatic N) is 2. The molecule has 18 heavy (non-hydrogen) atoms. The van der Waals surface area contributed by atoms with E-state index in [1.165, 1.54) is 19.3 Å². The second-order valence-electron chi connectivity index (χ2n) is 6.87. The van der Waals surface area contributed by atoms with Gasteiger partial charge in [0.05, 0.1) is 0 Å². The summed E-state index contributed by atoms with van der Waals surface area (Å²) in [6.45, 7) is 0. The summed E-state index contributed by atoms with van der Waals surface area (Å²) in [6, 6.07) is 1.89. The molecule has 4 bridgehead atoms. The van der Waals surface area contributed by atoms with E-state index >= 15 is 0 Å². The standard InChI is InChI=1S/C15H20N2O/c1-17-13(2-3-16-17)14(18)15-7-10-4-11(8-15)6-12(5-10)9-15/h2-3,10-12H,4-9H2,1H3. The number of aromatic nitrogens is 2. The molecule has 1 aromatic rings. The van der Waals surface area contributed by atoms with E-state index < -0.39 is 0 Å². The molecule has 1 heterocycles. The Kier molecular flexibility index (Phi) is 2.07. The number of rotatable bonds is 2. The predicted molar refractivity (Wildman–Crippen MR) is 68.1 cm³/mol. The van der Waals surface area contributed by atoms with Crippen LogP contribution in [0.4, 0.5) is 0 Å². The lowest BCUT2D eigenvalue weighted by Crippen LogP contribution is -2.50. The normalized spacial score (nSPS) is 41.3. The van der Waals surface area contributed by atoms with Gasteiger partial charge in [-0.05, 0) is 62.3 Å². The first kappa shape index (κ1) is 10.8. The molecule has 1 aromatic heterocycles. The topological polar surface area (TPSA) is 34.9 Å². The van der Waals surface area contributed by atoms with E-state index in [0.29, 0.717) is 5.78 Å². The fourth-order valence-electron chi connectivity index (χ4n) is 5.26. The number of carbonyl (C=O) groups is 1. The second kappa shape index (κ2) is 3.46. The van der Waals surface area contributed by atoms with E-state index in [-0.39, 0.29) is 5.41 Å². The van der Waals surface area contributed by atoms with E-state index in [1.807, 2.05) is 13.1 Å². The van der Waals surface area contributed by atoms with Gasteiger partial charge in [0, 0.05) is 18.7 Å². The SMILES string of the molecule is Cn1nccc1C(=O)C12CC3CC(CC(C3)C1)C2. The van der Waals surface area contributed by atoms with Crippen LogP contribution in [0.15, 0.2) is 12.3 Å². The van der Waals surface area contributed by atoms with Crippen molar-refractivity contribution in [2.45, 2.75) is 38.5 Å². The van der Waals surface area contributed by atoms with Gasteiger partial charge in [0.15, 0.2) is 5.78 Å². The maximum absolute atomic E-state index is 12.9. The molecule has 0 spiro atoms. The Morgan fingerprint density at radius 2 is 1.78 bits per heavy atom. The van der Waals surface area contributed by atoms with Gasteiger partial charge in [-0.15, -0.1) is 0 Å². The zero-order chi connectivity index (χ0) is 12.3. The molecule has 4 aliphatic rings. The van der Waals surface area contributed by atoms with Crippen LogP contribution in [-0.4, -0.2) is 15.6 Å². The molecule has 0 atom stereocenters. The van der Waals surface area contributed by atoms with Crippen LogP contribution in [0.1, 0.15) is 49.0 Å². The zero-order valence-electron chi connectivity index (χ0n) is 10.9. The minimum Gasteiger partial charge on any atom is -0.292 e. The van der Waals surface area contributed by atoms with Crippen LogP contribution in [0.5, 0.6) is 0 Å². The van der Waals surface area contributed by atoms with Crippen LogP contribution >= 0.6 is 0 Å². The van der Waals surface area contributed by atoms with Gasteiger partial charge in [0.2, 0.25) is 0 Å². The second-order valence-corrected chi connectivity index (χ2v) is 6.87. The van der Waals surface area contributed by atoms with Gasteiger partial charge in [-0.25, -0.2) is 0 Å². The number of hydrogen-bond donors (Lipinski definition) is 0. The Morgan fingerprint density at radius 3 is 2.22 bits per heavy atom. The first-order valence-corrected chi connectivity index (χ1v) is 7.19. The molecule has 3 heteroatoms. The lowest BCUT2D eigenvalue weighted by atomic mass is 9.48. The molecule has 4 fully saturated rings. The predicted octanol–water partition coefficient (Wildman–Crippen LogP) is 2.82. The third-order valence-corrected chi connectivity index (χ3v) is 5.57. The quantitative estimate of drug-likeness (QED) is 0.750. The lowest BCUT2D eigenvalue weighted by molar-refractivity contribution is -0.0357. The van der Waals surface area contributed by atoms with Gasteiger partial charge in [-0.3, -0.25) is 9.48 Å². The van der Waals surface area contributed by atoms with E-state index in [1.54, 1.807) is 10.9 Å². The van der Waals surface area contributed by atoms with Crippen molar-refractivity contribution in [2.75, 3.05) is 0 Å². The highest BCUT2D eigenvalue weighted by Crippen LogP contribution is 2.60. The van der Waals surface area contributed by atoms with Gasteiger partial charge in [0.25, 0.3) is 0 Å². The van der Waals surface area contributed by atoms with Crippen molar-refractivity contribution < 1.29 is 4.79 Å². The van der Waals surface area contributed by atoms with Crippen LogP contribution in [0.25, 0.3) is 0 Å². The first-order chi connectivity index (χ1) is 8.66. The number of ketones is 1. The van der Waals surface area contributed by atoms with Crippen molar-refractivity contribution >= 4 is 5.78 Å². The average molecular weight is 244 g/mol.